The van der Waals surface area contributed by atoms with Crippen LogP contribution in [0, 0.1) is 0 Å². The van der Waals surface area contributed by atoms with Gasteiger partial charge in [0.1, 0.15) is 5.75 Å². The summed E-state index contributed by atoms with van der Waals surface area (Å²) in [5.41, 5.74) is 2.04. The quantitative estimate of drug-likeness (QED) is 0.785. The van der Waals surface area contributed by atoms with Gasteiger partial charge in [-0.3, -0.25) is 0 Å². The fourth-order valence-electron chi connectivity index (χ4n) is 2.30. The van der Waals surface area contributed by atoms with Gasteiger partial charge in [0.15, 0.2) is 11.5 Å². The largest absolute Gasteiger partial charge is 0.493 e. The second-order valence-corrected chi connectivity index (χ2v) is 5.24. The summed E-state index contributed by atoms with van der Waals surface area (Å²) in [4.78, 5) is 0. The van der Waals surface area contributed by atoms with Gasteiger partial charge in [-0.1, -0.05) is 18.2 Å². The minimum absolute atomic E-state index is 0.0850. The monoisotopic (exact) mass is 337 g/mol. The van der Waals surface area contributed by atoms with Crippen molar-refractivity contribution in [2.75, 3.05) is 14.2 Å². The molecule has 0 fully saturated rings. The molecule has 0 radical (unpaired) electrons. The van der Waals surface area contributed by atoms with Crippen LogP contribution < -0.4 is 19.5 Å². The van der Waals surface area contributed by atoms with Gasteiger partial charge in [0.25, 0.3) is 0 Å². The Labute approximate surface area is 140 Å². The van der Waals surface area contributed by atoms with Crippen molar-refractivity contribution in [1.82, 2.24) is 5.32 Å². The van der Waals surface area contributed by atoms with E-state index in [1.807, 2.05) is 25.1 Å². The smallest absolute Gasteiger partial charge is 0.387 e. The summed E-state index contributed by atoms with van der Waals surface area (Å²) >= 11 is 0. The minimum atomic E-state index is -2.81. The average molecular weight is 337 g/mol. The molecule has 1 atom stereocenters. The first-order valence-electron chi connectivity index (χ1n) is 7.52. The van der Waals surface area contributed by atoms with Crippen LogP contribution in [0.4, 0.5) is 8.78 Å². The lowest BCUT2D eigenvalue weighted by molar-refractivity contribution is -0.0498. The number of alkyl halides is 2. The number of halogens is 2. The van der Waals surface area contributed by atoms with E-state index in [9.17, 15) is 8.78 Å². The third kappa shape index (κ3) is 4.83. The number of methoxy groups -OCH3 is 2. The summed E-state index contributed by atoms with van der Waals surface area (Å²) in [6, 6.07) is 12.4. The zero-order chi connectivity index (χ0) is 17.5. The Morgan fingerprint density at radius 1 is 0.958 bits per heavy atom. The molecule has 4 nitrogen and oxygen atoms in total. The molecule has 1 unspecified atom stereocenters. The van der Waals surface area contributed by atoms with E-state index in [0.29, 0.717) is 18.0 Å². The van der Waals surface area contributed by atoms with Crippen LogP contribution >= 0.6 is 0 Å². The fraction of sp³-hybridized carbons (Fsp3) is 0.333. The maximum atomic E-state index is 12.1. The third-order valence-corrected chi connectivity index (χ3v) is 3.67. The topological polar surface area (TPSA) is 39.7 Å². The highest BCUT2D eigenvalue weighted by molar-refractivity contribution is 5.43. The molecular formula is C18H21F2NO3. The first kappa shape index (κ1) is 18.0. The zero-order valence-electron chi connectivity index (χ0n) is 13.9. The van der Waals surface area contributed by atoms with Crippen LogP contribution in [0.3, 0.4) is 0 Å². The van der Waals surface area contributed by atoms with Gasteiger partial charge in [0, 0.05) is 12.6 Å². The van der Waals surface area contributed by atoms with Crippen LogP contribution in [0.5, 0.6) is 17.2 Å². The Balaban J connectivity index is 1.96. The molecule has 0 aliphatic heterocycles. The summed E-state index contributed by atoms with van der Waals surface area (Å²) < 4.78 is 39.1. The molecule has 0 amide bonds. The Kier molecular flexibility index (Phi) is 6.37. The molecule has 0 heterocycles. The van der Waals surface area contributed by atoms with Crippen molar-refractivity contribution in [3.8, 4) is 17.2 Å². The Bertz CT molecular complexity index is 647. The lowest BCUT2D eigenvalue weighted by atomic mass is 10.1. The standard InChI is InChI=1S/C18H21F2NO3/c1-12(14-6-9-16(22-2)17(10-14)23-3)21-11-13-4-7-15(8-5-13)24-18(19)20/h4-10,12,18,21H,11H2,1-3H3. The lowest BCUT2D eigenvalue weighted by Crippen LogP contribution is -2.18. The van der Waals surface area contributed by atoms with E-state index in [1.54, 1.807) is 26.4 Å². The molecule has 2 rings (SSSR count). The molecule has 24 heavy (non-hydrogen) atoms. The molecule has 0 saturated carbocycles. The van der Waals surface area contributed by atoms with Gasteiger partial charge in [-0.25, -0.2) is 0 Å². The van der Waals surface area contributed by atoms with Crippen LogP contribution in [-0.4, -0.2) is 20.8 Å². The molecule has 0 bridgehead atoms. The first-order chi connectivity index (χ1) is 11.5. The van der Waals surface area contributed by atoms with Gasteiger partial charge in [-0.15, -0.1) is 0 Å². The van der Waals surface area contributed by atoms with Crippen molar-refractivity contribution < 1.29 is 23.0 Å². The van der Waals surface area contributed by atoms with Gasteiger partial charge in [-0.05, 0) is 42.3 Å². The number of hydrogen-bond acceptors (Lipinski definition) is 4. The Hall–Kier alpha value is -2.34. The van der Waals surface area contributed by atoms with Gasteiger partial charge in [0.2, 0.25) is 0 Å². The highest BCUT2D eigenvalue weighted by Gasteiger charge is 2.10. The van der Waals surface area contributed by atoms with Crippen molar-refractivity contribution >= 4 is 0 Å². The summed E-state index contributed by atoms with van der Waals surface area (Å²) in [6.45, 7) is -0.168. The molecule has 1 N–H and O–H groups in total. The molecule has 6 heteroatoms. The second kappa shape index (κ2) is 8.49. The van der Waals surface area contributed by atoms with E-state index >= 15 is 0 Å². The normalized spacial score (nSPS) is 12.1. The number of hydrogen-bond donors (Lipinski definition) is 1. The molecule has 130 valence electrons. The van der Waals surface area contributed by atoms with Crippen LogP contribution in [0.1, 0.15) is 24.1 Å². The summed E-state index contributed by atoms with van der Waals surface area (Å²) in [7, 11) is 3.20. The van der Waals surface area contributed by atoms with E-state index in [2.05, 4.69) is 10.1 Å². The Morgan fingerprint density at radius 3 is 2.21 bits per heavy atom. The van der Waals surface area contributed by atoms with Gasteiger partial charge in [-0.2, -0.15) is 8.78 Å². The summed E-state index contributed by atoms with van der Waals surface area (Å²) in [5.74, 6) is 1.52. The molecule has 0 saturated heterocycles. The van der Waals surface area contributed by atoms with Crippen molar-refractivity contribution in [3.63, 3.8) is 0 Å². The zero-order valence-corrected chi connectivity index (χ0v) is 13.9. The summed E-state index contributed by atoms with van der Waals surface area (Å²) in [6.07, 6.45) is 0. The van der Waals surface area contributed by atoms with E-state index in [-0.39, 0.29) is 11.8 Å². The van der Waals surface area contributed by atoms with Gasteiger partial charge < -0.3 is 19.5 Å². The van der Waals surface area contributed by atoms with Crippen LogP contribution in [0.25, 0.3) is 0 Å². The number of ether oxygens (including phenoxy) is 3. The van der Waals surface area contributed by atoms with Crippen molar-refractivity contribution in [2.45, 2.75) is 26.1 Å². The molecular weight excluding hydrogens is 316 g/mol. The highest BCUT2D eigenvalue weighted by Crippen LogP contribution is 2.30. The van der Waals surface area contributed by atoms with Crippen LogP contribution in [0.2, 0.25) is 0 Å². The number of rotatable bonds is 8. The van der Waals surface area contributed by atoms with E-state index in [1.165, 1.54) is 12.1 Å². The van der Waals surface area contributed by atoms with Gasteiger partial charge >= 0.3 is 6.61 Å². The second-order valence-electron chi connectivity index (χ2n) is 5.24. The highest BCUT2D eigenvalue weighted by atomic mass is 19.3. The van der Waals surface area contributed by atoms with Crippen molar-refractivity contribution in [1.29, 1.82) is 0 Å². The molecule has 2 aromatic carbocycles. The van der Waals surface area contributed by atoms with Crippen LogP contribution in [-0.2, 0) is 6.54 Å². The SMILES string of the molecule is COc1ccc(C(C)NCc2ccc(OC(F)F)cc2)cc1OC. The number of nitrogens with one attached hydrogen (secondary N) is 1. The maximum Gasteiger partial charge on any atom is 0.387 e. The van der Waals surface area contributed by atoms with E-state index in [0.717, 1.165) is 11.1 Å². The third-order valence-electron chi connectivity index (χ3n) is 3.67. The predicted octanol–water partition coefficient (Wildman–Crippen LogP) is 4.16. The first-order valence-corrected chi connectivity index (χ1v) is 7.52. The van der Waals surface area contributed by atoms with Crippen molar-refractivity contribution in [3.05, 3.63) is 53.6 Å². The number of benzene rings is 2. The fourth-order valence-corrected chi connectivity index (χ4v) is 2.30. The molecule has 2 aromatic rings. The van der Waals surface area contributed by atoms with E-state index < -0.39 is 6.61 Å². The molecule has 0 aliphatic rings. The van der Waals surface area contributed by atoms with Gasteiger partial charge in [0.05, 0.1) is 14.2 Å². The van der Waals surface area contributed by atoms with Crippen LogP contribution in [0.15, 0.2) is 42.5 Å². The molecule has 0 aromatic heterocycles. The summed E-state index contributed by atoms with van der Waals surface area (Å²) in [5, 5.41) is 3.38. The lowest BCUT2D eigenvalue weighted by Gasteiger charge is -2.17. The Morgan fingerprint density at radius 2 is 1.62 bits per heavy atom. The predicted molar refractivity (Wildman–Crippen MR) is 87.9 cm³/mol. The van der Waals surface area contributed by atoms with E-state index in [4.69, 9.17) is 9.47 Å². The maximum absolute atomic E-state index is 12.1. The minimum Gasteiger partial charge on any atom is -0.493 e. The van der Waals surface area contributed by atoms with Crippen molar-refractivity contribution in [2.24, 2.45) is 0 Å². The molecule has 0 spiro atoms. The average Bonchev–Trinajstić information content (AvgIpc) is 2.59. The molecule has 0 aliphatic carbocycles.